The molecular formula is C25H32N6O. The zero-order valence-corrected chi connectivity index (χ0v) is 19.0. The highest BCUT2D eigenvalue weighted by Gasteiger charge is 2.24. The Morgan fingerprint density at radius 1 is 0.938 bits per heavy atom. The molecule has 1 unspecified atom stereocenters. The molecular weight excluding hydrogens is 400 g/mol. The van der Waals surface area contributed by atoms with Crippen LogP contribution in [0, 0.1) is 0 Å². The fraction of sp³-hybridized carbons (Fsp3) is 0.400. The minimum absolute atomic E-state index is 0.0230. The minimum atomic E-state index is -0.105. The maximum Gasteiger partial charge on any atom is 0.315 e. The van der Waals surface area contributed by atoms with E-state index in [-0.39, 0.29) is 18.1 Å². The van der Waals surface area contributed by atoms with Crippen molar-refractivity contribution in [1.29, 1.82) is 0 Å². The van der Waals surface area contributed by atoms with E-state index in [9.17, 15) is 4.79 Å². The molecule has 0 saturated heterocycles. The summed E-state index contributed by atoms with van der Waals surface area (Å²) in [6, 6.07) is 18.4. The summed E-state index contributed by atoms with van der Waals surface area (Å²) in [5.41, 5.74) is 2.04. The molecule has 168 valence electrons. The third-order valence-electron chi connectivity index (χ3n) is 6.05. The summed E-state index contributed by atoms with van der Waals surface area (Å²) in [6.07, 6.45) is 3.79. The summed E-state index contributed by atoms with van der Waals surface area (Å²) < 4.78 is 0. The molecule has 4 rings (SSSR count). The number of nitrogens with one attached hydrogen (secondary N) is 3. The van der Waals surface area contributed by atoms with Crippen LogP contribution in [0.4, 0.5) is 16.6 Å². The van der Waals surface area contributed by atoms with E-state index in [4.69, 9.17) is 9.97 Å². The van der Waals surface area contributed by atoms with Crippen LogP contribution in [-0.2, 0) is 0 Å². The van der Waals surface area contributed by atoms with E-state index in [0.717, 1.165) is 48.0 Å². The molecule has 3 aromatic rings. The third-order valence-corrected chi connectivity index (χ3v) is 6.05. The smallest absolute Gasteiger partial charge is 0.315 e. The first-order valence-electron chi connectivity index (χ1n) is 11.3. The standard InChI is InChI=1S/C25H32N6O/c1-17(18-9-5-4-6-10-18)26-25(32)28-20-15-13-19(14-16-20)27-24-29-22-12-8-7-11-21(22)23(30-24)31(2)3/h4-12,17,19-20H,13-16H2,1-3H3,(H2,26,28,32)(H,27,29,30)/t17?,19-,20+. The van der Waals surface area contributed by atoms with Gasteiger partial charge in [0.05, 0.1) is 11.6 Å². The number of urea groups is 1. The van der Waals surface area contributed by atoms with Crippen molar-refractivity contribution in [2.45, 2.75) is 50.7 Å². The summed E-state index contributed by atoms with van der Waals surface area (Å²) in [7, 11) is 4.00. The van der Waals surface area contributed by atoms with Crippen molar-refractivity contribution in [3.05, 3.63) is 60.2 Å². The zero-order valence-electron chi connectivity index (χ0n) is 19.0. The van der Waals surface area contributed by atoms with Crippen molar-refractivity contribution < 1.29 is 4.79 Å². The molecule has 0 aliphatic heterocycles. The van der Waals surface area contributed by atoms with Gasteiger partial charge in [-0.15, -0.1) is 0 Å². The SMILES string of the molecule is CC(NC(=O)N[C@H]1CC[C@@H](Nc2nc(N(C)C)c3ccccc3n2)CC1)c1ccccc1. The van der Waals surface area contributed by atoms with Gasteiger partial charge in [-0.2, -0.15) is 4.98 Å². The third kappa shape index (κ3) is 5.28. The summed E-state index contributed by atoms with van der Waals surface area (Å²) in [5, 5.41) is 10.7. The normalized spacial score (nSPS) is 19.2. The Morgan fingerprint density at radius 3 is 2.31 bits per heavy atom. The molecule has 3 N–H and O–H groups in total. The van der Waals surface area contributed by atoms with E-state index < -0.39 is 0 Å². The van der Waals surface area contributed by atoms with Crippen molar-refractivity contribution in [3.8, 4) is 0 Å². The number of nitrogens with zero attached hydrogens (tertiary/aromatic N) is 3. The topological polar surface area (TPSA) is 82.2 Å². The van der Waals surface area contributed by atoms with Crippen LogP contribution in [0.15, 0.2) is 54.6 Å². The number of fused-ring (bicyclic) bond motifs is 1. The molecule has 0 radical (unpaired) electrons. The van der Waals surface area contributed by atoms with Gasteiger partial charge in [-0.25, -0.2) is 9.78 Å². The van der Waals surface area contributed by atoms with Gasteiger partial charge in [0, 0.05) is 31.6 Å². The van der Waals surface area contributed by atoms with E-state index in [1.165, 1.54) is 0 Å². The van der Waals surface area contributed by atoms with Gasteiger partial charge >= 0.3 is 6.03 Å². The quantitative estimate of drug-likeness (QED) is 0.535. The molecule has 0 bridgehead atoms. The number of amides is 2. The number of carbonyl (C=O) groups is 1. The Balaban J connectivity index is 1.30. The number of aromatic nitrogens is 2. The van der Waals surface area contributed by atoms with Crippen LogP contribution in [0.2, 0.25) is 0 Å². The molecule has 32 heavy (non-hydrogen) atoms. The largest absolute Gasteiger partial charge is 0.362 e. The lowest BCUT2D eigenvalue weighted by Gasteiger charge is -2.30. The number of anilines is 2. The molecule has 0 spiro atoms. The van der Waals surface area contributed by atoms with Crippen molar-refractivity contribution in [3.63, 3.8) is 0 Å². The van der Waals surface area contributed by atoms with E-state index >= 15 is 0 Å². The van der Waals surface area contributed by atoms with Crippen LogP contribution in [0.5, 0.6) is 0 Å². The Kier molecular flexibility index (Phi) is 6.73. The molecule has 1 atom stereocenters. The van der Waals surface area contributed by atoms with Crippen LogP contribution >= 0.6 is 0 Å². The second-order valence-electron chi connectivity index (χ2n) is 8.73. The molecule has 2 amide bonds. The van der Waals surface area contributed by atoms with Gasteiger partial charge in [0.25, 0.3) is 0 Å². The maximum atomic E-state index is 12.4. The van der Waals surface area contributed by atoms with Gasteiger partial charge in [0.15, 0.2) is 0 Å². The second-order valence-corrected chi connectivity index (χ2v) is 8.73. The summed E-state index contributed by atoms with van der Waals surface area (Å²) in [4.78, 5) is 23.9. The molecule has 1 aromatic heterocycles. The van der Waals surface area contributed by atoms with Gasteiger partial charge in [-0.1, -0.05) is 42.5 Å². The lowest BCUT2D eigenvalue weighted by atomic mass is 9.91. The Hall–Kier alpha value is -3.35. The first-order chi connectivity index (χ1) is 15.5. The summed E-state index contributed by atoms with van der Waals surface area (Å²) in [6.45, 7) is 2.00. The van der Waals surface area contributed by atoms with Gasteiger partial charge in [0.2, 0.25) is 5.95 Å². The fourth-order valence-corrected chi connectivity index (χ4v) is 4.28. The minimum Gasteiger partial charge on any atom is -0.362 e. The highest BCUT2D eigenvalue weighted by atomic mass is 16.2. The van der Waals surface area contributed by atoms with Crippen LogP contribution in [0.25, 0.3) is 10.9 Å². The van der Waals surface area contributed by atoms with Crippen molar-refractivity contribution in [1.82, 2.24) is 20.6 Å². The first kappa shape index (κ1) is 21.9. The molecule has 1 aliphatic rings. The van der Waals surface area contributed by atoms with Gasteiger partial charge in [0.1, 0.15) is 5.82 Å². The Morgan fingerprint density at radius 2 is 1.59 bits per heavy atom. The van der Waals surface area contributed by atoms with Crippen molar-refractivity contribution in [2.24, 2.45) is 0 Å². The Labute approximate surface area is 189 Å². The van der Waals surface area contributed by atoms with Crippen LogP contribution in [-0.4, -0.2) is 42.2 Å². The molecule has 1 aliphatic carbocycles. The van der Waals surface area contributed by atoms with Gasteiger partial charge < -0.3 is 20.9 Å². The van der Waals surface area contributed by atoms with Crippen LogP contribution in [0.3, 0.4) is 0 Å². The van der Waals surface area contributed by atoms with Crippen LogP contribution < -0.4 is 20.9 Å². The lowest BCUT2D eigenvalue weighted by molar-refractivity contribution is 0.229. The lowest BCUT2D eigenvalue weighted by Crippen LogP contribution is -2.45. The van der Waals surface area contributed by atoms with Gasteiger partial charge in [-0.3, -0.25) is 0 Å². The fourth-order valence-electron chi connectivity index (χ4n) is 4.28. The molecule has 7 nitrogen and oxygen atoms in total. The maximum absolute atomic E-state index is 12.4. The van der Waals surface area contributed by atoms with Crippen LogP contribution in [0.1, 0.15) is 44.2 Å². The van der Waals surface area contributed by atoms with Gasteiger partial charge in [-0.05, 0) is 50.3 Å². The zero-order chi connectivity index (χ0) is 22.5. The number of para-hydroxylation sites is 1. The molecule has 7 heteroatoms. The number of rotatable bonds is 6. The monoisotopic (exact) mass is 432 g/mol. The number of hydrogen-bond donors (Lipinski definition) is 3. The molecule has 1 fully saturated rings. The predicted molar refractivity (Wildman–Crippen MR) is 130 cm³/mol. The first-order valence-corrected chi connectivity index (χ1v) is 11.3. The predicted octanol–water partition coefficient (Wildman–Crippen LogP) is 4.48. The average molecular weight is 433 g/mol. The Bertz CT molecular complexity index is 1050. The number of benzene rings is 2. The van der Waals surface area contributed by atoms with E-state index in [2.05, 4.69) is 22.0 Å². The van der Waals surface area contributed by atoms with Crippen molar-refractivity contribution >= 4 is 28.7 Å². The second kappa shape index (κ2) is 9.85. The highest BCUT2D eigenvalue weighted by Crippen LogP contribution is 2.26. The molecule has 2 aromatic carbocycles. The highest BCUT2D eigenvalue weighted by molar-refractivity contribution is 5.90. The number of carbonyl (C=O) groups excluding carboxylic acids is 1. The average Bonchev–Trinajstić information content (AvgIpc) is 2.80. The van der Waals surface area contributed by atoms with E-state index in [1.54, 1.807) is 0 Å². The molecule has 1 heterocycles. The summed E-state index contributed by atoms with van der Waals surface area (Å²) in [5.74, 6) is 1.58. The number of hydrogen-bond acceptors (Lipinski definition) is 5. The van der Waals surface area contributed by atoms with Crippen molar-refractivity contribution in [2.75, 3.05) is 24.3 Å². The van der Waals surface area contributed by atoms with E-state index in [1.807, 2.05) is 74.4 Å². The molecule has 1 saturated carbocycles. The van der Waals surface area contributed by atoms with E-state index in [0.29, 0.717) is 12.0 Å². The summed E-state index contributed by atoms with van der Waals surface area (Å²) >= 11 is 0.